The van der Waals surface area contributed by atoms with Gasteiger partial charge in [0.1, 0.15) is 0 Å². The molecule has 4 rings (SSSR count). The number of hydrogen-bond donors (Lipinski definition) is 0. The van der Waals surface area contributed by atoms with Crippen molar-refractivity contribution in [3.05, 3.63) is 78.9 Å². The first-order chi connectivity index (χ1) is 9.42. The van der Waals surface area contributed by atoms with Crippen molar-refractivity contribution in [2.24, 2.45) is 0 Å². The van der Waals surface area contributed by atoms with Crippen LogP contribution >= 0.6 is 0 Å². The molecule has 0 unspecified atom stereocenters. The van der Waals surface area contributed by atoms with Crippen LogP contribution in [0.1, 0.15) is 0 Å². The fourth-order valence-corrected chi connectivity index (χ4v) is 2.78. The number of rotatable bonds is 1. The van der Waals surface area contributed by atoms with E-state index in [9.17, 15) is 0 Å². The summed E-state index contributed by atoms with van der Waals surface area (Å²) in [6.45, 7) is 0. The van der Waals surface area contributed by atoms with Crippen molar-refractivity contribution in [1.82, 2.24) is 0 Å². The summed E-state index contributed by atoms with van der Waals surface area (Å²) in [7, 11) is 0. The molecule has 107 valence electrons. The second-order valence-corrected chi connectivity index (χ2v) is 4.90. The monoisotopic (exact) mass is 401 g/mol. The Balaban J connectivity index is 0.000000807. The van der Waals surface area contributed by atoms with Gasteiger partial charge in [-0.05, 0) is 10.8 Å². The van der Waals surface area contributed by atoms with Gasteiger partial charge in [0.05, 0.1) is 0 Å². The van der Waals surface area contributed by atoms with Crippen LogP contribution in [0.25, 0.3) is 32.7 Å². The van der Waals surface area contributed by atoms with Crippen LogP contribution in [0, 0.1) is 0 Å². The van der Waals surface area contributed by atoms with Crippen molar-refractivity contribution in [2.75, 3.05) is 0 Å². The molecule has 0 saturated heterocycles. The first-order valence-corrected chi connectivity index (χ1v) is 6.55. The molecule has 0 bridgehead atoms. The van der Waals surface area contributed by atoms with E-state index in [0.717, 1.165) is 0 Å². The van der Waals surface area contributed by atoms with Gasteiger partial charge in [-0.15, -0.1) is 34.5 Å². The summed E-state index contributed by atoms with van der Waals surface area (Å²) in [5, 5.41) is 5.24. The van der Waals surface area contributed by atoms with Gasteiger partial charge in [-0.1, -0.05) is 66.2 Å². The first kappa shape index (κ1) is 19.0. The van der Waals surface area contributed by atoms with Crippen LogP contribution in [-0.4, -0.2) is 0 Å². The fraction of sp³-hybridized carbons (Fsp3) is 0. The predicted octanol–water partition coefficient (Wildman–Crippen LogP) is -0.616. The molecule has 0 heterocycles. The van der Waals surface area contributed by atoms with Gasteiger partial charge in [0.2, 0.25) is 0 Å². The zero-order valence-electron chi connectivity index (χ0n) is 11.8. The maximum atomic E-state index is 2.27. The molecule has 22 heavy (non-hydrogen) atoms. The third kappa shape index (κ3) is 3.33. The molecule has 0 N–H and O–H groups in total. The second-order valence-electron chi connectivity index (χ2n) is 4.90. The molecule has 0 aliphatic carbocycles. The van der Waals surface area contributed by atoms with Gasteiger partial charge >= 0.3 is 26.2 Å². The van der Waals surface area contributed by atoms with E-state index in [1.165, 1.54) is 32.7 Å². The molecular formula is C19H13Cl2Zr. The Hall–Kier alpha value is -1.01. The van der Waals surface area contributed by atoms with Crippen LogP contribution < -0.4 is 24.8 Å². The summed E-state index contributed by atoms with van der Waals surface area (Å²) in [4.78, 5) is 0. The molecule has 0 fully saturated rings. The fourth-order valence-electron chi connectivity index (χ4n) is 2.78. The summed E-state index contributed by atoms with van der Waals surface area (Å²) < 4.78 is 0. The summed E-state index contributed by atoms with van der Waals surface area (Å²) >= 11 is 0. The van der Waals surface area contributed by atoms with Crippen LogP contribution in [-0.2, 0) is 26.2 Å². The zero-order chi connectivity index (χ0) is 12.7. The van der Waals surface area contributed by atoms with E-state index in [0.29, 0.717) is 0 Å². The largest absolute Gasteiger partial charge is 3.00 e. The Morgan fingerprint density at radius 3 is 2.05 bits per heavy atom. The zero-order valence-corrected chi connectivity index (χ0v) is 15.7. The SMILES string of the molecule is [Cl-].[Cl-].[Zr+3].c1ccc2[cH-]c(-c3cccc4ccccc34)cc2c1. The van der Waals surface area contributed by atoms with Gasteiger partial charge in [0.15, 0.2) is 0 Å². The van der Waals surface area contributed by atoms with E-state index in [1.54, 1.807) is 0 Å². The van der Waals surface area contributed by atoms with Gasteiger partial charge in [-0.3, -0.25) is 0 Å². The molecule has 4 aromatic rings. The normalized spacial score (nSPS) is 9.64. The third-order valence-corrected chi connectivity index (χ3v) is 3.72. The molecule has 1 radical (unpaired) electrons. The molecule has 0 spiro atoms. The average molecular weight is 403 g/mol. The van der Waals surface area contributed by atoms with Gasteiger partial charge in [-0.25, -0.2) is 0 Å². The molecule has 0 saturated carbocycles. The van der Waals surface area contributed by atoms with Gasteiger partial charge < -0.3 is 24.8 Å². The van der Waals surface area contributed by atoms with Gasteiger partial charge in [-0.2, -0.15) is 0 Å². The molecule has 0 amide bonds. The molecule has 0 atom stereocenters. The minimum Gasteiger partial charge on any atom is -1.00 e. The van der Waals surface area contributed by atoms with Crippen molar-refractivity contribution in [3.63, 3.8) is 0 Å². The maximum Gasteiger partial charge on any atom is 3.00 e. The van der Waals surface area contributed by atoms with Crippen LogP contribution in [0.4, 0.5) is 0 Å². The van der Waals surface area contributed by atoms with Crippen molar-refractivity contribution in [1.29, 1.82) is 0 Å². The number of hydrogen-bond acceptors (Lipinski definition) is 0. The van der Waals surface area contributed by atoms with Crippen LogP contribution in [0.3, 0.4) is 0 Å². The molecular weight excluding hydrogens is 390 g/mol. The molecule has 0 nitrogen and oxygen atoms in total. The minimum absolute atomic E-state index is 0. The van der Waals surface area contributed by atoms with Crippen molar-refractivity contribution in [2.45, 2.75) is 0 Å². The Labute approximate surface area is 161 Å². The Morgan fingerprint density at radius 2 is 1.27 bits per heavy atom. The van der Waals surface area contributed by atoms with Crippen molar-refractivity contribution in [3.8, 4) is 11.1 Å². The Bertz CT molecular complexity index is 842. The van der Waals surface area contributed by atoms with Crippen molar-refractivity contribution < 1.29 is 51.0 Å². The summed E-state index contributed by atoms with van der Waals surface area (Å²) in [6.07, 6.45) is 0. The Kier molecular flexibility index (Phi) is 6.94. The van der Waals surface area contributed by atoms with Crippen molar-refractivity contribution >= 4 is 21.5 Å². The maximum absolute atomic E-state index is 2.27. The second kappa shape index (κ2) is 8.02. The van der Waals surface area contributed by atoms with E-state index in [1.807, 2.05) is 0 Å². The quantitative estimate of drug-likeness (QED) is 0.372. The van der Waals surface area contributed by atoms with E-state index in [4.69, 9.17) is 0 Å². The number of fused-ring (bicyclic) bond motifs is 2. The van der Waals surface area contributed by atoms with Crippen LogP contribution in [0.15, 0.2) is 78.9 Å². The third-order valence-electron chi connectivity index (χ3n) is 3.72. The average Bonchev–Trinajstić information content (AvgIpc) is 2.90. The summed E-state index contributed by atoms with van der Waals surface area (Å²) in [5.74, 6) is 0. The minimum atomic E-state index is 0. The molecule has 3 heteroatoms. The smallest absolute Gasteiger partial charge is 1.00 e. The van der Waals surface area contributed by atoms with E-state index in [2.05, 4.69) is 78.9 Å². The number of benzene rings is 3. The Morgan fingerprint density at radius 1 is 0.636 bits per heavy atom. The molecule has 0 aliphatic rings. The van der Waals surface area contributed by atoms with E-state index >= 15 is 0 Å². The van der Waals surface area contributed by atoms with Crippen LogP contribution in [0.5, 0.6) is 0 Å². The topological polar surface area (TPSA) is 0 Å². The van der Waals surface area contributed by atoms with Gasteiger partial charge in [0.25, 0.3) is 0 Å². The van der Waals surface area contributed by atoms with Gasteiger partial charge in [0, 0.05) is 0 Å². The first-order valence-electron chi connectivity index (χ1n) is 6.55. The molecule has 0 aromatic heterocycles. The summed E-state index contributed by atoms with van der Waals surface area (Å²) in [5.41, 5.74) is 2.62. The molecule has 4 aromatic carbocycles. The standard InChI is InChI=1S/C19H13.2ClH.Zr/c1-2-8-16-13-17(12-15(16)7-1)19-11-5-9-14-6-3-4-10-18(14)19;;;/h1-13H;2*1H;/q-1;;;+3/p-2. The predicted molar refractivity (Wildman–Crippen MR) is 82.5 cm³/mol. The molecule has 0 aliphatic heterocycles. The van der Waals surface area contributed by atoms with E-state index in [-0.39, 0.29) is 51.0 Å². The summed E-state index contributed by atoms with van der Waals surface area (Å²) in [6, 6.07) is 28.1. The van der Waals surface area contributed by atoms with E-state index < -0.39 is 0 Å². The number of halogens is 2. The van der Waals surface area contributed by atoms with Crippen LogP contribution in [0.2, 0.25) is 0 Å².